The van der Waals surface area contributed by atoms with Gasteiger partial charge < -0.3 is 20.1 Å². The first-order valence-corrected chi connectivity index (χ1v) is 9.96. The smallest absolute Gasteiger partial charge is 0.326 e. The van der Waals surface area contributed by atoms with E-state index in [1.165, 1.54) is 0 Å². The van der Waals surface area contributed by atoms with Crippen LogP contribution in [0.25, 0.3) is 11.0 Å². The molecule has 3 aromatic rings. The normalized spacial score (nSPS) is 15.0. The van der Waals surface area contributed by atoms with E-state index >= 15 is 0 Å². The molecule has 1 aliphatic rings. The van der Waals surface area contributed by atoms with Crippen molar-refractivity contribution in [2.75, 3.05) is 37.4 Å². The number of nitrogens with one attached hydrogen (secondary N) is 2. The number of hydrogen-bond donors (Lipinski definition) is 2. The van der Waals surface area contributed by atoms with Crippen molar-refractivity contribution in [3.05, 3.63) is 59.0 Å². The highest BCUT2D eigenvalue weighted by Crippen LogP contribution is 2.25. The zero-order chi connectivity index (χ0) is 19.7. The number of fused-ring (bicyclic) bond motifs is 1. The van der Waals surface area contributed by atoms with Gasteiger partial charge in [0.05, 0.1) is 11.0 Å². The van der Waals surface area contributed by atoms with Gasteiger partial charge in [0.2, 0.25) is 0 Å². The van der Waals surface area contributed by atoms with Crippen molar-refractivity contribution >= 4 is 39.7 Å². The SMILES string of the molecule is CN(C)c1ccc(NC(=S)N2CCC(n3c(=O)[nH]c4ccccc43)CC2)cc1. The molecule has 7 heteroatoms. The van der Waals surface area contributed by atoms with Crippen LogP contribution in [0.1, 0.15) is 18.9 Å². The molecule has 0 radical (unpaired) electrons. The van der Waals surface area contributed by atoms with Crippen LogP contribution in [-0.2, 0) is 0 Å². The third-order valence-corrected chi connectivity index (χ3v) is 5.74. The number of thiocarbonyl (C=S) groups is 1. The number of aromatic nitrogens is 2. The van der Waals surface area contributed by atoms with E-state index in [0.29, 0.717) is 0 Å². The molecule has 28 heavy (non-hydrogen) atoms. The molecule has 146 valence electrons. The Morgan fingerprint density at radius 2 is 1.79 bits per heavy atom. The summed E-state index contributed by atoms with van der Waals surface area (Å²) < 4.78 is 1.91. The summed E-state index contributed by atoms with van der Waals surface area (Å²) in [4.78, 5) is 19.6. The maximum absolute atomic E-state index is 12.4. The lowest BCUT2D eigenvalue weighted by Gasteiger charge is -2.34. The molecule has 0 atom stereocenters. The minimum absolute atomic E-state index is 0.0265. The maximum atomic E-state index is 12.4. The van der Waals surface area contributed by atoms with Gasteiger partial charge in [0, 0.05) is 44.6 Å². The molecule has 2 N–H and O–H groups in total. The number of aromatic amines is 1. The molecule has 0 amide bonds. The number of piperidine rings is 1. The number of nitrogens with zero attached hydrogens (tertiary/aromatic N) is 3. The Morgan fingerprint density at radius 3 is 2.46 bits per heavy atom. The summed E-state index contributed by atoms with van der Waals surface area (Å²) in [6.07, 6.45) is 1.78. The number of hydrogen-bond acceptors (Lipinski definition) is 3. The van der Waals surface area contributed by atoms with Crippen LogP contribution in [0.15, 0.2) is 53.3 Å². The predicted molar refractivity (Wildman–Crippen MR) is 119 cm³/mol. The molecule has 2 heterocycles. The van der Waals surface area contributed by atoms with Crippen LogP contribution < -0.4 is 15.9 Å². The number of para-hydroxylation sites is 2. The van der Waals surface area contributed by atoms with Crippen LogP contribution in [0.3, 0.4) is 0 Å². The first kappa shape index (κ1) is 18.6. The Morgan fingerprint density at radius 1 is 1.11 bits per heavy atom. The van der Waals surface area contributed by atoms with Crippen LogP contribution in [0.2, 0.25) is 0 Å². The standard InChI is InChI=1S/C21H25N5OS/c1-24(2)16-9-7-15(8-10-16)22-21(28)25-13-11-17(12-14-25)26-19-6-4-3-5-18(19)23-20(26)27/h3-10,17H,11-14H2,1-2H3,(H,22,28)(H,23,27). The van der Waals surface area contributed by atoms with E-state index in [1.807, 2.05) is 55.1 Å². The molecule has 1 aliphatic heterocycles. The van der Waals surface area contributed by atoms with Gasteiger partial charge in [-0.15, -0.1) is 0 Å². The summed E-state index contributed by atoms with van der Waals surface area (Å²) in [6.45, 7) is 1.66. The summed E-state index contributed by atoms with van der Waals surface area (Å²) >= 11 is 5.61. The van der Waals surface area contributed by atoms with E-state index in [-0.39, 0.29) is 11.7 Å². The lowest BCUT2D eigenvalue weighted by Crippen LogP contribution is -2.42. The summed E-state index contributed by atoms with van der Waals surface area (Å²) in [5, 5.41) is 4.07. The number of imidazole rings is 1. The van der Waals surface area contributed by atoms with Crippen molar-refractivity contribution in [3.63, 3.8) is 0 Å². The number of likely N-dealkylation sites (tertiary alicyclic amines) is 1. The molecule has 0 bridgehead atoms. The number of H-pyrrole nitrogens is 1. The van der Waals surface area contributed by atoms with E-state index in [2.05, 4.69) is 32.2 Å². The van der Waals surface area contributed by atoms with E-state index < -0.39 is 0 Å². The van der Waals surface area contributed by atoms with Crippen LogP contribution in [-0.4, -0.2) is 46.7 Å². The summed E-state index contributed by atoms with van der Waals surface area (Å²) in [6, 6.07) is 16.3. The van der Waals surface area contributed by atoms with Gasteiger partial charge in [-0.2, -0.15) is 0 Å². The van der Waals surface area contributed by atoms with E-state index in [1.54, 1.807) is 0 Å². The van der Waals surface area contributed by atoms with Gasteiger partial charge in [-0.25, -0.2) is 4.79 Å². The van der Waals surface area contributed by atoms with E-state index in [0.717, 1.165) is 53.5 Å². The summed E-state index contributed by atoms with van der Waals surface area (Å²) in [5.74, 6) is 0. The topological polar surface area (TPSA) is 56.3 Å². The van der Waals surface area contributed by atoms with Crippen molar-refractivity contribution in [2.45, 2.75) is 18.9 Å². The van der Waals surface area contributed by atoms with Gasteiger partial charge in [-0.1, -0.05) is 12.1 Å². The van der Waals surface area contributed by atoms with Gasteiger partial charge in [-0.05, 0) is 61.5 Å². The number of anilines is 2. The van der Waals surface area contributed by atoms with Gasteiger partial charge in [0.15, 0.2) is 5.11 Å². The minimum atomic E-state index is -0.0265. The lowest BCUT2D eigenvalue weighted by atomic mass is 10.0. The van der Waals surface area contributed by atoms with Crippen molar-refractivity contribution in [1.29, 1.82) is 0 Å². The van der Waals surface area contributed by atoms with Gasteiger partial charge in [0.25, 0.3) is 0 Å². The Bertz CT molecular complexity index is 1030. The molecular formula is C21H25N5OS. The van der Waals surface area contributed by atoms with Crippen LogP contribution >= 0.6 is 12.2 Å². The highest BCUT2D eigenvalue weighted by Gasteiger charge is 2.24. The molecule has 4 rings (SSSR count). The zero-order valence-electron chi connectivity index (χ0n) is 16.2. The van der Waals surface area contributed by atoms with Gasteiger partial charge in [0.1, 0.15) is 0 Å². The van der Waals surface area contributed by atoms with Crippen molar-refractivity contribution in [3.8, 4) is 0 Å². The highest BCUT2D eigenvalue weighted by molar-refractivity contribution is 7.80. The van der Waals surface area contributed by atoms with Crippen molar-refractivity contribution < 1.29 is 0 Å². The molecule has 6 nitrogen and oxygen atoms in total. The molecule has 0 unspecified atom stereocenters. The fourth-order valence-electron chi connectivity index (χ4n) is 3.81. The quantitative estimate of drug-likeness (QED) is 0.666. The van der Waals surface area contributed by atoms with Crippen LogP contribution in [0.5, 0.6) is 0 Å². The molecular weight excluding hydrogens is 370 g/mol. The molecule has 0 saturated carbocycles. The number of rotatable bonds is 3. The molecule has 1 aromatic heterocycles. The van der Waals surface area contributed by atoms with E-state index in [9.17, 15) is 4.79 Å². The first-order valence-electron chi connectivity index (χ1n) is 9.55. The summed E-state index contributed by atoms with van der Waals surface area (Å²) in [7, 11) is 4.05. The zero-order valence-corrected chi connectivity index (χ0v) is 17.0. The van der Waals surface area contributed by atoms with Gasteiger partial charge in [-0.3, -0.25) is 4.57 Å². The Hall–Kier alpha value is -2.80. The lowest BCUT2D eigenvalue weighted by molar-refractivity contribution is 0.269. The molecule has 2 aromatic carbocycles. The highest BCUT2D eigenvalue weighted by atomic mass is 32.1. The third-order valence-electron chi connectivity index (χ3n) is 5.38. The average Bonchev–Trinajstić information content (AvgIpc) is 3.04. The second-order valence-electron chi connectivity index (χ2n) is 7.41. The Labute approximate surface area is 169 Å². The Kier molecular flexibility index (Phi) is 5.09. The third kappa shape index (κ3) is 3.62. The van der Waals surface area contributed by atoms with Crippen molar-refractivity contribution in [1.82, 2.24) is 14.5 Å². The number of benzene rings is 2. The molecule has 0 aliphatic carbocycles. The van der Waals surface area contributed by atoms with E-state index in [4.69, 9.17) is 12.2 Å². The van der Waals surface area contributed by atoms with Crippen LogP contribution in [0, 0.1) is 0 Å². The monoisotopic (exact) mass is 395 g/mol. The second-order valence-corrected chi connectivity index (χ2v) is 7.79. The molecule has 0 spiro atoms. The molecule has 1 saturated heterocycles. The van der Waals surface area contributed by atoms with Crippen molar-refractivity contribution in [2.24, 2.45) is 0 Å². The fraction of sp³-hybridized carbons (Fsp3) is 0.333. The maximum Gasteiger partial charge on any atom is 0.326 e. The first-order chi connectivity index (χ1) is 13.5. The fourth-order valence-corrected chi connectivity index (χ4v) is 4.11. The van der Waals surface area contributed by atoms with Gasteiger partial charge >= 0.3 is 5.69 Å². The second kappa shape index (κ2) is 7.67. The summed E-state index contributed by atoms with van der Waals surface area (Å²) in [5.41, 5.74) is 3.99. The van der Waals surface area contributed by atoms with Crippen LogP contribution in [0.4, 0.5) is 11.4 Å². The average molecular weight is 396 g/mol. The molecule has 1 fully saturated rings. The largest absolute Gasteiger partial charge is 0.378 e. The predicted octanol–water partition coefficient (Wildman–Crippen LogP) is 3.43. The minimum Gasteiger partial charge on any atom is -0.378 e. The Balaban J connectivity index is 1.40.